The molecule has 0 aliphatic carbocycles. The molecule has 0 spiro atoms. The second-order valence-corrected chi connectivity index (χ2v) is 25.3. The summed E-state index contributed by atoms with van der Waals surface area (Å²) in [6.45, 7) is 7.03. The fraction of sp³-hybridized carbons (Fsp3) is 0.873. The van der Waals surface area contributed by atoms with Crippen molar-refractivity contribution in [3.63, 3.8) is 0 Å². The third kappa shape index (κ3) is 55.4. The quantitative estimate of drug-likeness (QED) is 0.0169. The Kier molecular flexibility index (Phi) is 54.7. The molecule has 82 heavy (non-hydrogen) atoms. The summed E-state index contributed by atoms with van der Waals surface area (Å²) in [6, 6.07) is 0. The van der Waals surface area contributed by atoms with Crippen molar-refractivity contribution >= 4 is 39.5 Å². The van der Waals surface area contributed by atoms with E-state index in [-0.39, 0.29) is 25.7 Å². The SMILES string of the molecule is CCCCCC/C=C\C=C/CCCCCCCC(=O)O[C@H](COC(=O)CCCCCCCCC(C)CC)COP(=O)(O)OC[C@@H](O)COP(=O)(O)OC[C@@H](COC(=O)CCCCCCCCC)OC(=O)CCCCCCCCCCCC. The molecule has 19 heteroatoms. The van der Waals surface area contributed by atoms with Crippen molar-refractivity contribution in [2.45, 2.75) is 310 Å². The largest absolute Gasteiger partial charge is 0.472 e. The average Bonchev–Trinajstić information content (AvgIpc) is 3.49. The molecule has 6 atom stereocenters. The molecular formula is C63H118O17P2. The van der Waals surface area contributed by atoms with Crippen LogP contribution in [0.15, 0.2) is 24.3 Å². The molecule has 0 saturated carbocycles. The highest BCUT2D eigenvalue weighted by Gasteiger charge is 2.30. The molecule has 0 aliphatic heterocycles. The Morgan fingerprint density at radius 2 is 0.683 bits per heavy atom. The third-order valence-electron chi connectivity index (χ3n) is 14.3. The molecule has 0 radical (unpaired) electrons. The minimum Gasteiger partial charge on any atom is -0.462 e. The highest BCUT2D eigenvalue weighted by Crippen LogP contribution is 2.45. The van der Waals surface area contributed by atoms with Gasteiger partial charge >= 0.3 is 39.5 Å². The number of carbonyl (C=O) groups is 4. The number of allylic oxidation sites excluding steroid dienone is 4. The maximum atomic E-state index is 13.0. The van der Waals surface area contributed by atoms with Crippen LogP contribution in [0.2, 0.25) is 0 Å². The maximum absolute atomic E-state index is 13.0. The molecule has 3 unspecified atom stereocenters. The number of aliphatic hydroxyl groups excluding tert-OH is 1. The molecule has 0 aromatic rings. The van der Waals surface area contributed by atoms with Gasteiger partial charge in [0.15, 0.2) is 12.2 Å². The topological polar surface area (TPSA) is 237 Å². The van der Waals surface area contributed by atoms with E-state index < -0.39 is 97.5 Å². The highest BCUT2D eigenvalue weighted by molar-refractivity contribution is 7.47. The smallest absolute Gasteiger partial charge is 0.462 e. The fourth-order valence-electron chi connectivity index (χ4n) is 8.83. The van der Waals surface area contributed by atoms with E-state index in [9.17, 15) is 43.2 Å². The molecule has 0 saturated heterocycles. The number of phosphoric ester groups is 2. The molecule has 3 N–H and O–H groups in total. The number of aliphatic hydroxyl groups is 1. The number of unbranched alkanes of at least 4 members (excludes halogenated alkanes) is 29. The van der Waals surface area contributed by atoms with Crippen LogP contribution in [0.1, 0.15) is 291 Å². The van der Waals surface area contributed by atoms with Crippen LogP contribution in [0.3, 0.4) is 0 Å². The van der Waals surface area contributed by atoms with Crippen LogP contribution in [0.5, 0.6) is 0 Å². The van der Waals surface area contributed by atoms with Gasteiger partial charge in [-0.3, -0.25) is 37.3 Å². The predicted molar refractivity (Wildman–Crippen MR) is 326 cm³/mol. The van der Waals surface area contributed by atoms with Gasteiger partial charge in [0.1, 0.15) is 19.3 Å². The Labute approximate surface area is 497 Å². The Morgan fingerprint density at radius 1 is 0.390 bits per heavy atom. The lowest BCUT2D eigenvalue weighted by Crippen LogP contribution is -2.30. The molecular weight excluding hydrogens is 1090 g/mol. The molecule has 482 valence electrons. The zero-order valence-electron chi connectivity index (χ0n) is 52.1. The summed E-state index contributed by atoms with van der Waals surface area (Å²) >= 11 is 0. The van der Waals surface area contributed by atoms with E-state index >= 15 is 0 Å². The third-order valence-corrected chi connectivity index (χ3v) is 16.2. The zero-order chi connectivity index (χ0) is 60.6. The molecule has 17 nitrogen and oxygen atoms in total. The standard InChI is InChI=1S/C63H118O17P2/c1-6-10-13-16-19-21-23-24-25-26-27-29-32-39-44-49-63(68)80-59(53-74-61(66)47-42-37-34-33-35-40-45-56(5)9-4)55-78-82(71,72)76-51-57(64)50-75-81(69,70)77-54-58(52-73-60(65)46-41-36-30-18-15-12-8-3)79-62(67)48-43-38-31-28-22-20-17-14-11-7-2/h21,23-25,56-59,64H,6-20,22,26-55H2,1-5H3,(H,69,70)(H,71,72)/b23-21-,25-24-/t56?,57-,58+,59+/m0/s1. The lowest BCUT2D eigenvalue weighted by molar-refractivity contribution is -0.161. The average molecular weight is 1210 g/mol. The number of carbonyl (C=O) groups excluding carboxylic acids is 4. The molecule has 0 aliphatic rings. The summed E-state index contributed by atoms with van der Waals surface area (Å²) in [5.74, 6) is -1.44. The molecule has 0 heterocycles. The second-order valence-electron chi connectivity index (χ2n) is 22.4. The number of hydrogen-bond donors (Lipinski definition) is 3. The Bertz CT molecular complexity index is 1690. The van der Waals surface area contributed by atoms with E-state index in [1.54, 1.807) is 0 Å². The van der Waals surface area contributed by atoms with Gasteiger partial charge < -0.3 is 33.8 Å². The number of phosphoric acid groups is 2. The summed E-state index contributed by atoms with van der Waals surface area (Å²) in [5.41, 5.74) is 0. The molecule has 0 rings (SSSR count). The van der Waals surface area contributed by atoms with Gasteiger partial charge in [0.25, 0.3) is 0 Å². The normalized spacial score (nSPS) is 14.8. The molecule has 0 bridgehead atoms. The van der Waals surface area contributed by atoms with Gasteiger partial charge in [0.2, 0.25) is 0 Å². The Balaban J connectivity index is 5.25. The minimum atomic E-state index is -4.95. The second kappa shape index (κ2) is 56.4. The summed E-state index contributed by atoms with van der Waals surface area (Å²) in [6.07, 6.45) is 42.6. The van der Waals surface area contributed by atoms with Crippen molar-refractivity contribution in [2.75, 3.05) is 39.6 Å². The van der Waals surface area contributed by atoms with Crippen molar-refractivity contribution in [1.82, 2.24) is 0 Å². The fourth-order valence-corrected chi connectivity index (χ4v) is 10.4. The van der Waals surface area contributed by atoms with Crippen molar-refractivity contribution in [1.29, 1.82) is 0 Å². The van der Waals surface area contributed by atoms with Gasteiger partial charge in [-0.05, 0) is 57.3 Å². The summed E-state index contributed by atoms with van der Waals surface area (Å²) < 4.78 is 67.8. The van der Waals surface area contributed by atoms with E-state index in [0.717, 1.165) is 128 Å². The maximum Gasteiger partial charge on any atom is 0.472 e. The van der Waals surface area contributed by atoms with Crippen LogP contribution in [0, 0.1) is 5.92 Å². The molecule has 0 aromatic carbocycles. The summed E-state index contributed by atoms with van der Waals surface area (Å²) in [7, 11) is -9.89. The van der Waals surface area contributed by atoms with Crippen molar-refractivity contribution in [2.24, 2.45) is 5.92 Å². The predicted octanol–water partition coefficient (Wildman–Crippen LogP) is 17.0. The molecule has 0 fully saturated rings. The number of rotatable bonds is 61. The van der Waals surface area contributed by atoms with Crippen LogP contribution < -0.4 is 0 Å². The van der Waals surface area contributed by atoms with Crippen molar-refractivity contribution in [3.05, 3.63) is 24.3 Å². The van der Waals surface area contributed by atoms with E-state index in [4.69, 9.17) is 37.0 Å². The summed E-state index contributed by atoms with van der Waals surface area (Å²) in [4.78, 5) is 72.0. The molecule has 0 amide bonds. The first kappa shape index (κ1) is 79.5. The van der Waals surface area contributed by atoms with Gasteiger partial charge in [-0.15, -0.1) is 0 Å². The van der Waals surface area contributed by atoms with E-state index in [1.165, 1.54) is 83.5 Å². The monoisotopic (exact) mass is 1210 g/mol. The van der Waals surface area contributed by atoms with Gasteiger partial charge in [0, 0.05) is 25.7 Å². The number of hydrogen-bond acceptors (Lipinski definition) is 15. The van der Waals surface area contributed by atoms with Crippen molar-refractivity contribution in [3.8, 4) is 0 Å². The van der Waals surface area contributed by atoms with Crippen LogP contribution in [0.4, 0.5) is 0 Å². The van der Waals surface area contributed by atoms with Gasteiger partial charge in [-0.1, -0.05) is 239 Å². The van der Waals surface area contributed by atoms with Crippen LogP contribution in [-0.4, -0.2) is 96.7 Å². The lowest BCUT2D eigenvalue weighted by atomic mass is 10.00. The highest BCUT2D eigenvalue weighted by atomic mass is 31.2. The van der Waals surface area contributed by atoms with Crippen LogP contribution in [-0.2, 0) is 65.4 Å². The first-order valence-electron chi connectivity index (χ1n) is 32.5. The van der Waals surface area contributed by atoms with Crippen LogP contribution >= 0.6 is 15.6 Å². The van der Waals surface area contributed by atoms with Gasteiger partial charge in [-0.2, -0.15) is 0 Å². The van der Waals surface area contributed by atoms with Crippen molar-refractivity contribution < 1.29 is 80.2 Å². The Hall–Kier alpha value is -2.46. The van der Waals surface area contributed by atoms with E-state index in [2.05, 4.69) is 58.9 Å². The lowest BCUT2D eigenvalue weighted by Gasteiger charge is -2.21. The first-order chi connectivity index (χ1) is 39.6. The minimum absolute atomic E-state index is 0.0840. The van der Waals surface area contributed by atoms with Gasteiger partial charge in [-0.25, -0.2) is 9.13 Å². The summed E-state index contributed by atoms with van der Waals surface area (Å²) in [5, 5.41) is 10.5. The van der Waals surface area contributed by atoms with Crippen LogP contribution in [0.25, 0.3) is 0 Å². The number of ether oxygens (including phenoxy) is 4. The van der Waals surface area contributed by atoms with E-state index in [1.807, 2.05) is 0 Å². The van der Waals surface area contributed by atoms with Gasteiger partial charge in [0.05, 0.1) is 26.4 Å². The molecule has 0 aromatic heterocycles. The number of esters is 4. The Morgan fingerprint density at radius 3 is 1.04 bits per heavy atom. The first-order valence-corrected chi connectivity index (χ1v) is 35.5. The van der Waals surface area contributed by atoms with E-state index in [0.29, 0.717) is 25.7 Å². The zero-order valence-corrected chi connectivity index (χ0v) is 53.9.